The summed E-state index contributed by atoms with van der Waals surface area (Å²) in [6, 6.07) is -0.855. The van der Waals surface area contributed by atoms with E-state index in [0.29, 0.717) is 12.1 Å². The van der Waals surface area contributed by atoms with Gasteiger partial charge in [0.05, 0.1) is 5.01 Å². The molecule has 0 aromatic carbocycles. The summed E-state index contributed by atoms with van der Waals surface area (Å²) in [5.74, 6) is -1.19. The summed E-state index contributed by atoms with van der Waals surface area (Å²) in [6.07, 6.45) is 0.349. The standard InChI is InChI=1S/C11H16N2O3S/c1-4-7(11(15)16)12-9(14)8-5-17-10(13-8)6(2)3/h5-7H,4H2,1-3H3,(H,12,14)(H,15,16). The highest BCUT2D eigenvalue weighted by molar-refractivity contribution is 7.09. The lowest BCUT2D eigenvalue weighted by molar-refractivity contribution is -0.139. The zero-order valence-electron chi connectivity index (χ0n) is 10.1. The van der Waals surface area contributed by atoms with E-state index in [2.05, 4.69) is 10.3 Å². The van der Waals surface area contributed by atoms with Crippen molar-refractivity contribution in [2.75, 3.05) is 0 Å². The molecule has 6 heteroatoms. The van der Waals surface area contributed by atoms with Crippen LogP contribution in [0.5, 0.6) is 0 Å². The van der Waals surface area contributed by atoms with E-state index in [-0.39, 0.29) is 5.92 Å². The summed E-state index contributed by atoms with van der Waals surface area (Å²) < 4.78 is 0. The number of thiazole rings is 1. The van der Waals surface area contributed by atoms with Crippen LogP contribution in [0.3, 0.4) is 0 Å². The van der Waals surface area contributed by atoms with Crippen LogP contribution in [0.2, 0.25) is 0 Å². The molecule has 5 nitrogen and oxygen atoms in total. The second-order valence-electron chi connectivity index (χ2n) is 4.00. The largest absolute Gasteiger partial charge is 0.480 e. The van der Waals surface area contributed by atoms with Gasteiger partial charge in [-0.3, -0.25) is 4.79 Å². The van der Waals surface area contributed by atoms with Gasteiger partial charge in [0, 0.05) is 11.3 Å². The number of carboxylic acids is 1. The SMILES string of the molecule is CCC(NC(=O)c1csc(C(C)C)n1)C(=O)O. The number of aliphatic carboxylic acids is 1. The van der Waals surface area contributed by atoms with E-state index in [1.54, 1.807) is 12.3 Å². The molecular weight excluding hydrogens is 240 g/mol. The molecule has 0 spiro atoms. The molecule has 0 saturated heterocycles. The third kappa shape index (κ3) is 3.52. The van der Waals surface area contributed by atoms with Crippen LogP contribution in [0.4, 0.5) is 0 Å². The normalized spacial score (nSPS) is 12.5. The summed E-state index contributed by atoms with van der Waals surface area (Å²) in [7, 11) is 0. The molecule has 94 valence electrons. The second-order valence-corrected chi connectivity index (χ2v) is 4.89. The molecular formula is C11H16N2O3S. The monoisotopic (exact) mass is 256 g/mol. The topological polar surface area (TPSA) is 79.3 Å². The minimum absolute atomic E-state index is 0.267. The molecule has 1 atom stereocenters. The summed E-state index contributed by atoms with van der Waals surface area (Å²) in [5.41, 5.74) is 0.290. The van der Waals surface area contributed by atoms with Gasteiger partial charge in [-0.15, -0.1) is 11.3 Å². The van der Waals surface area contributed by atoms with Gasteiger partial charge in [0.25, 0.3) is 5.91 Å². The Bertz CT molecular complexity index is 415. The first-order chi connectivity index (χ1) is 7.95. The first-order valence-electron chi connectivity index (χ1n) is 5.44. The molecule has 0 aliphatic rings. The van der Waals surface area contributed by atoms with Crippen LogP contribution in [0, 0.1) is 0 Å². The molecule has 0 bridgehead atoms. The van der Waals surface area contributed by atoms with E-state index in [1.165, 1.54) is 11.3 Å². The molecule has 0 saturated carbocycles. The lowest BCUT2D eigenvalue weighted by Crippen LogP contribution is -2.40. The fourth-order valence-electron chi connectivity index (χ4n) is 1.23. The lowest BCUT2D eigenvalue weighted by atomic mass is 10.2. The molecule has 0 fully saturated rings. The maximum atomic E-state index is 11.7. The number of aromatic nitrogens is 1. The Hall–Kier alpha value is -1.43. The predicted molar refractivity (Wildman–Crippen MR) is 65.4 cm³/mol. The smallest absolute Gasteiger partial charge is 0.326 e. The Morgan fingerprint density at radius 2 is 2.18 bits per heavy atom. The Balaban J connectivity index is 2.72. The molecule has 1 heterocycles. The number of nitrogens with zero attached hydrogens (tertiary/aromatic N) is 1. The quantitative estimate of drug-likeness (QED) is 0.842. The third-order valence-electron chi connectivity index (χ3n) is 2.26. The van der Waals surface area contributed by atoms with Crippen molar-refractivity contribution in [2.45, 2.75) is 39.2 Å². The summed E-state index contributed by atoms with van der Waals surface area (Å²) in [6.45, 7) is 5.69. The van der Waals surface area contributed by atoms with Crippen LogP contribution >= 0.6 is 11.3 Å². The number of nitrogens with one attached hydrogen (secondary N) is 1. The molecule has 1 aromatic rings. The molecule has 0 radical (unpaired) electrons. The van der Waals surface area contributed by atoms with E-state index in [9.17, 15) is 9.59 Å². The van der Waals surface area contributed by atoms with Crippen molar-refractivity contribution in [2.24, 2.45) is 0 Å². The molecule has 1 amide bonds. The van der Waals surface area contributed by atoms with Crippen LogP contribution < -0.4 is 5.32 Å². The van der Waals surface area contributed by atoms with Gasteiger partial charge in [0.15, 0.2) is 0 Å². The zero-order valence-corrected chi connectivity index (χ0v) is 10.9. The highest BCUT2D eigenvalue weighted by Gasteiger charge is 2.20. The first kappa shape index (κ1) is 13.6. The van der Waals surface area contributed by atoms with Crippen molar-refractivity contribution >= 4 is 23.2 Å². The number of amides is 1. The third-order valence-corrected chi connectivity index (χ3v) is 3.41. The first-order valence-corrected chi connectivity index (χ1v) is 6.32. The maximum Gasteiger partial charge on any atom is 0.326 e. The lowest BCUT2D eigenvalue weighted by Gasteiger charge is -2.10. The summed E-state index contributed by atoms with van der Waals surface area (Å²) in [5, 5.41) is 13.8. The molecule has 1 rings (SSSR count). The van der Waals surface area contributed by atoms with Gasteiger partial charge < -0.3 is 10.4 Å². The number of hydrogen-bond donors (Lipinski definition) is 2. The fraction of sp³-hybridized carbons (Fsp3) is 0.545. The fourth-order valence-corrected chi connectivity index (χ4v) is 2.04. The van der Waals surface area contributed by atoms with Crippen LogP contribution in [0.25, 0.3) is 0 Å². The summed E-state index contributed by atoms with van der Waals surface area (Å²) in [4.78, 5) is 26.7. The van der Waals surface area contributed by atoms with E-state index >= 15 is 0 Å². The van der Waals surface area contributed by atoms with Gasteiger partial charge in [-0.2, -0.15) is 0 Å². The van der Waals surface area contributed by atoms with E-state index in [1.807, 2.05) is 13.8 Å². The zero-order chi connectivity index (χ0) is 13.0. The highest BCUT2D eigenvalue weighted by Crippen LogP contribution is 2.19. The number of rotatable bonds is 5. The summed E-state index contributed by atoms with van der Waals surface area (Å²) >= 11 is 1.41. The van der Waals surface area contributed by atoms with E-state index in [0.717, 1.165) is 5.01 Å². The van der Waals surface area contributed by atoms with Crippen LogP contribution in [-0.2, 0) is 4.79 Å². The van der Waals surface area contributed by atoms with Crippen LogP contribution in [0.1, 0.15) is 48.6 Å². The Morgan fingerprint density at radius 1 is 1.53 bits per heavy atom. The molecule has 1 unspecified atom stereocenters. The maximum absolute atomic E-state index is 11.7. The number of carbonyl (C=O) groups is 2. The van der Waals surface area contributed by atoms with Gasteiger partial charge in [-0.1, -0.05) is 20.8 Å². The van der Waals surface area contributed by atoms with Crippen molar-refractivity contribution in [3.63, 3.8) is 0 Å². The Morgan fingerprint density at radius 3 is 2.59 bits per heavy atom. The van der Waals surface area contributed by atoms with Crippen molar-refractivity contribution in [1.82, 2.24) is 10.3 Å². The van der Waals surface area contributed by atoms with E-state index in [4.69, 9.17) is 5.11 Å². The van der Waals surface area contributed by atoms with Gasteiger partial charge in [0.2, 0.25) is 0 Å². The molecule has 2 N–H and O–H groups in total. The predicted octanol–water partition coefficient (Wildman–Crippen LogP) is 1.86. The molecule has 17 heavy (non-hydrogen) atoms. The minimum Gasteiger partial charge on any atom is -0.480 e. The van der Waals surface area contributed by atoms with Crippen molar-refractivity contribution < 1.29 is 14.7 Å². The number of hydrogen-bond acceptors (Lipinski definition) is 4. The van der Waals surface area contributed by atoms with Crippen LogP contribution in [0.15, 0.2) is 5.38 Å². The van der Waals surface area contributed by atoms with Gasteiger partial charge in [0.1, 0.15) is 11.7 Å². The van der Waals surface area contributed by atoms with E-state index < -0.39 is 17.9 Å². The number of carboxylic acid groups (broad SMARTS) is 1. The van der Waals surface area contributed by atoms with Gasteiger partial charge in [-0.05, 0) is 6.42 Å². The minimum atomic E-state index is -1.03. The number of carbonyl (C=O) groups excluding carboxylic acids is 1. The van der Waals surface area contributed by atoms with Crippen molar-refractivity contribution in [1.29, 1.82) is 0 Å². The highest BCUT2D eigenvalue weighted by atomic mass is 32.1. The van der Waals surface area contributed by atoms with Crippen molar-refractivity contribution in [3.05, 3.63) is 16.1 Å². The second kappa shape index (κ2) is 5.77. The van der Waals surface area contributed by atoms with Crippen LogP contribution in [-0.4, -0.2) is 28.0 Å². The molecule has 0 aliphatic carbocycles. The Labute approximate surface area is 104 Å². The molecule has 0 aliphatic heterocycles. The van der Waals surface area contributed by atoms with Gasteiger partial charge >= 0.3 is 5.97 Å². The molecule has 1 aromatic heterocycles. The average Bonchev–Trinajstić information content (AvgIpc) is 2.74. The average molecular weight is 256 g/mol. The van der Waals surface area contributed by atoms with Crippen molar-refractivity contribution in [3.8, 4) is 0 Å². The Kier molecular flexibility index (Phi) is 4.62. The van der Waals surface area contributed by atoms with Gasteiger partial charge in [-0.25, -0.2) is 9.78 Å².